The molecule has 0 aliphatic carbocycles. The van der Waals surface area contributed by atoms with Crippen LogP contribution in [0.5, 0.6) is 28.7 Å². The number of hydrogen-bond donors (Lipinski definition) is 2. The van der Waals surface area contributed by atoms with Crippen LogP contribution in [0.15, 0.2) is 30.3 Å². The summed E-state index contributed by atoms with van der Waals surface area (Å²) in [4.78, 5) is 0. The number of phenolic OH excluding ortho intramolecular Hbond substituents is 2. The molecule has 7 nitrogen and oxygen atoms in total. The molecule has 2 aromatic rings. The van der Waals surface area contributed by atoms with Crippen LogP contribution in [-0.2, 0) is 22.3 Å². The van der Waals surface area contributed by atoms with E-state index < -0.39 is 0 Å². The van der Waals surface area contributed by atoms with Crippen molar-refractivity contribution in [1.29, 1.82) is 0 Å². The third-order valence-corrected chi connectivity index (χ3v) is 5.21. The predicted octanol–water partition coefficient (Wildman–Crippen LogP) is 3.43. The quantitative estimate of drug-likeness (QED) is 0.509. The molecule has 0 fully saturated rings. The van der Waals surface area contributed by atoms with E-state index in [1.807, 2.05) is 18.2 Å². The smallest absolute Gasteiger partial charge is 0.200 e. The summed E-state index contributed by atoms with van der Waals surface area (Å²) in [5, 5.41) is 19.9. The minimum atomic E-state index is -0.261. The molecule has 2 N–H and O–H groups in total. The van der Waals surface area contributed by atoms with Gasteiger partial charge in [-0.2, -0.15) is 0 Å². The van der Waals surface area contributed by atoms with Crippen molar-refractivity contribution < 1.29 is 33.9 Å². The fraction of sp³-hybridized carbons (Fsp3) is 0.478. The van der Waals surface area contributed by atoms with Gasteiger partial charge in [0, 0.05) is 27.4 Å². The van der Waals surface area contributed by atoms with E-state index in [-0.39, 0.29) is 29.1 Å². The van der Waals surface area contributed by atoms with Gasteiger partial charge >= 0.3 is 0 Å². The maximum atomic E-state index is 10.0. The van der Waals surface area contributed by atoms with Crippen molar-refractivity contribution in [2.24, 2.45) is 11.8 Å². The molecule has 0 aliphatic heterocycles. The van der Waals surface area contributed by atoms with Crippen LogP contribution in [0.1, 0.15) is 11.1 Å². The number of ether oxygens (including phenoxy) is 5. The van der Waals surface area contributed by atoms with E-state index in [0.717, 1.165) is 17.5 Å². The van der Waals surface area contributed by atoms with Crippen molar-refractivity contribution in [3.05, 3.63) is 41.5 Å². The first-order chi connectivity index (χ1) is 14.5. The highest BCUT2D eigenvalue weighted by molar-refractivity contribution is 5.52. The molecular formula is C23H32O7. The summed E-state index contributed by atoms with van der Waals surface area (Å²) >= 11 is 0. The summed E-state index contributed by atoms with van der Waals surface area (Å²) in [5.74, 6) is 1.40. The normalized spacial score (nSPS) is 13.0. The van der Waals surface area contributed by atoms with E-state index >= 15 is 0 Å². The third-order valence-electron chi connectivity index (χ3n) is 5.21. The molecule has 0 saturated heterocycles. The lowest BCUT2D eigenvalue weighted by atomic mass is 9.83. The molecule has 0 aromatic heterocycles. The minimum absolute atomic E-state index is 0.108. The van der Waals surface area contributed by atoms with E-state index in [9.17, 15) is 10.2 Å². The Hall–Kier alpha value is -2.64. The number of rotatable bonds is 12. The Kier molecular flexibility index (Phi) is 9.08. The maximum absolute atomic E-state index is 10.0. The standard InChI is InChI=1S/C23H32O7/c1-26-13-17(8-15-6-7-20(28-3)21(11-15)29-4)18(14-27-2)9-16-10-19(24)23(25)22(12-16)30-5/h6-7,10-12,17-18,24-25H,8-9,13-14H2,1-5H3/t17-,18-/m1/s1. The Bertz CT molecular complexity index is 806. The van der Waals surface area contributed by atoms with Crippen LogP contribution in [-0.4, -0.2) is 59.0 Å². The summed E-state index contributed by atoms with van der Waals surface area (Å²) in [7, 11) is 8.03. The van der Waals surface area contributed by atoms with Crippen molar-refractivity contribution in [1.82, 2.24) is 0 Å². The van der Waals surface area contributed by atoms with Crippen LogP contribution in [0.4, 0.5) is 0 Å². The van der Waals surface area contributed by atoms with Gasteiger partial charge in [0.2, 0.25) is 5.75 Å². The number of methoxy groups -OCH3 is 5. The second-order valence-electron chi connectivity index (χ2n) is 7.19. The van der Waals surface area contributed by atoms with Crippen molar-refractivity contribution in [3.63, 3.8) is 0 Å². The SMILES string of the molecule is COC[C@@H](Cc1ccc(OC)c(OC)c1)[C@@H](COC)Cc1cc(O)c(O)c(OC)c1. The van der Waals surface area contributed by atoms with E-state index in [1.165, 1.54) is 7.11 Å². The van der Waals surface area contributed by atoms with Crippen molar-refractivity contribution in [2.75, 3.05) is 48.8 Å². The van der Waals surface area contributed by atoms with Crippen molar-refractivity contribution in [3.8, 4) is 28.7 Å². The first-order valence-electron chi connectivity index (χ1n) is 9.74. The van der Waals surface area contributed by atoms with Gasteiger partial charge < -0.3 is 33.9 Å². The molecule has 0 bridgehead atoms. The van der Waals surface area contributed by atoms with E-state index in [2.05, 4.69) is 0 Å². The first kappa shape index (κ1) is 23.6. The molecule has 0 radical (unpaired) electrons. The number of aromatic hydroxyl groups is 2. The lowest BCUT2D eigenvalue weighted by Gasteiger charge is -2.27. The van der Waals surface area contributed by atoms with Gasteiger partial charge in [0.15, 0.2) is 23.0 Å². The summed E-state index contributed by atoms with van der Waals surface area (Å²) < 4.78 is 26.9. The minimum Gasteiger partial charge on any atom is -0.504 e. The lowest BCUT2D eigenvalue weighted by molar-refractivity contribution is 0.0696. The molecule has 0 spiro atoms. The van der Waals surface area contributed by atoms with Gasteiger partial charge in [0.05, 0.1) is 21.3 Å². The summed E-state index contributed by atoms with van der Waals surface area (Å²) in [6.07, 6.45) is 1.38. The van der Waals surface area contributed by atoms with E-state index in [1.54, 1.807) is 40.6 Å². The van der Waals surface area contributed by atoms with Crippen LogP contribution in [0.2, 0.25) is 0 Å². The van der Waals surface area contributed by atoms with Gasteiger partial charge in [0.1, 0.15) is 0 Å². The Morgan fingerprint density at radius 2 is 1.20 bits per heavy atom. The molecule has 166 valence electrons. The maximum Gasteiger partial charge on any atom is 0.200 e. The molecule has 2 aromatic carbocycles. The van der Waals surface area contributed by atoms with Crippen molar-refractivity contribution >= 4 is 0 Å². The van der Waals surface area contributed by atoms with Gasteiger partial charge in [-0.15, -0.1) is 0 Å². The Balaban J connectivity index is 2.28. The number of phenols is 2. The zero-order valence-corrected chi connectivity index (χ0v) is 18.3. The highest BCUT2D eigenvalue weighted by Gasteiger charge is 2.24. The molecule has 2 atom stereocenters. The summed E-state index contributed by atoms with van der Waals surface area (Å²) in [6.45, 7) is 1.06. The molecule has 30 heavy (non-hydrogen) atoms. The molecular weight excluding hydrogens is 388 g/mol. The van der Waals surface area contributed by atoms with Gasteiger partial charge in [-0.1, -0.05) is 6.07 Å². The predicted molar refractivity (Wildman–Crippen MR) is 114 cm³/mol. The second-order valence-corrected chi connectivity index (χ2v) is 7.19. The second kappa shape index (κ2) is 11.5. The Morgan fingerprint density at radius 3 is 1.73 bits per heavy atom. The van der Waals surface area contributed by atoms with Crippen LogP contribution >= 0.6 is 0 Å². The third kappa shape index (κ3) is 5.93. The highest BCUT2D eigenvalue weighted by Crippen LogP contribution is 2.38. The average molecular weight is 421 g/mol. The van der Waals surface area contributed by atoms with E-state index in [4.69, 9.17) is 23.7 Å². The molecule has 0 aliphatic rings. The molecule has 0 unspecified atom stereocenters. The van der Waals surface area contributed by atoms with Crippen LogP contribution in [0, 0.1) is 11.8 Å². The van der Waals surface area contributed by atoms with Crippen LogP contribution in [0.25, 0.3) is 0 Å². The molecule has 0 amide bonds. The molecule has 0 heterocycles. The van der Waals surface area contributed by atoms with Gasteiger partial charge in [-0.25, -0.2) is 0 Å². The van der Waals surface area contributed by atoms with Crippen LogP contribution in [0.3, 0.4) is 0 Å². The van der Waals surface area contributed by atoms with Gasteiger partial charge in [-0.3, -0.25) is 0 Å². The van der Waals surface area contributed by atoms with Crippen LogP contribution < -0.4 is 14.2 Å². The van der Waals surface area contributed by atoms with Gasteiger partial charge in [-0.05, 0) is 60.1 Å². The highest BCUT2D eigenvalue weighted by atomic mass is 16.5. The summed E-state index contributed by atoms with van der Waals surface area (Å²) in [6, 6.07) is 9.18. The summed E-state index contributed by atoms with van der Waals surface area (Å²) in [5.41, 5.74) is 1.94. The number of benzene rings is 2. The lowest BCUT2D eigenvalue weighted by Crippen LogP contribution is -2.27. The Morgan fingerprint density at radius 1 is 0.667 bits per heavy atom. The van der Waals surface area contributed by atoms with Crippen molar-refractivity contribution in [2.45, 2.75) is 12.8 Å². The topological polar surface area (TPSA) is 86.6 Å². The zero-order valence-electron chi connectivity index (χ0n) is 18.3. The largest absolute Gasteiger partial charge is 0.504 e. The molecule has 2 rings (SSSR count). The van der Waals surface area contributed by atoms with E-state index in [0.29, 0.717) is 31.1 Å². The average Bonchev–Trinajstić information content (AvgIpc) is 2.75. The monoisotopic (exact) mass is 420 g/mol. The first-order valence-corrected chi connectivity index (χ1v) is 9.74. The fourth-order valence-electron chi connectivity index (χ4n) is 3.69. The molecule has 0 saturated carbocycles. The zero-order chi connectivity index (χ0) is 22.1. The van der Waals surface area contributed by atoms with Gasteiger partial charge in [0.25, 0.3) is 0 Å². The Labute approximate surface area is 178 Å². The number of hydrogen-bond acceptors (Lipinski definition) is 7. The molecule has 7 heteroatoms. The fourth-order valence-corrected chi connectivity index (χ4v) is 3.69.